The number of sulfonamides is 1. The van der Waals surface area contributed by atoms with Gasteiger partial charge in [0.15, 0.2) is 5.78 Å². The lowest BCUT2D eigenvalue weighted by Crippen LogP contribution is -2.36. The zero-order chi connectivity index (χ0) is 13.8. The Morgan fingerprint density at radius 1 is 1.33 bits per heavy atom. The van der Waals surface area contributed by atoms with Crippen molar-refractivity contribution < 1.29 is 18.3 Å². The predicted octanol–water partition coefficient (Wildman–Crippen LogP) is 0.938. The Labute approximate surface area is 107 Å². The molecule has 0 aliphatic heterocycles. The van der Waals surface area contributed by atoms with E-state index in [1.807, 2.05) is 0 Å². The second-order valence-corrected chi connectivity index (χ2v) is 5.70. The molecular formula is C12H17NO4S. The molecule has 1 atom stereocenters. The lowest BCUT2D eigenvalue weighted by molar-refractivity contribution is 0.101. The number of hydrogen-bond donors (Lipinski definition) is 2. The van der Waals surface area contributed by atoms with Crippen LogP contribution in [-0.2, 0) is 10.0 Å². The summed E-state index contributed by atoms with van der Waals surface area (Å²) in [5.41, 5.74) is 0.461. The maximum Gasteiger partial charge on any atom is 0.240 e. The van der Waals surface area contributed by atoms with Crippen molar-refractivity contribution >= 4 is 15.8 Å². The van der Waals surface area contributed by atoms with Crippen molar-refractivity contribution in [3.05, 3.63) is 29.8 Å². The Morgan fingerprint density at radius 3 is 2.28 bits per heavy atom. The lowest BCUT2D eigenvalue weighted by Gasteiger charge is -2.14. The van der Waals surface area contributed by atoms with E-state index >= 15 is 0 Å². The Bertz CT molecular complexity index is 503. The number of benzene rings is 1. The van der Waals surface area contributed by atoms with Gasteiger partial charge < -0.3 is 5.11 Å². The highest BCUT2D eigenvalue weighted by molar-refractivity contribution is 7.89. The van der Waals surface area contributed by atoms with Crippen molar-refractivity contribution in [2.45, 2.75) is 31.2 Å². The highest BCUT2D eigenvalue weighted by Crippen LogP contribution is 2.12. The van der Waals surface area contributed by atoms with Gasteiger partial charge in [-0.1, -0.05) is 19.1 Å². The largest absolute Gasteiger partial charge is 0.395 e. The van der Waals surface area contributed by atoms with Gasteiger partial charge in [0.25, 0.3) is 0 Å². The van der Waals surface area contributed by atoms with Crippen LogP contribution in [0.1, 0.15) is 30.6 Å². The molecule has 0 bridgehead atoms. The molecule has 0 aliphatic rings. The zero-order valence-corrected chi connectivity index (χ0v) is 11.2. The molecule has 0 aliphatic carbocycles. The Hall–Kier alpha value is -1.24. The first kappa shape index (κ1) is 14.8. The molecule has 0 heterocycles. The fourth-order valence-electron chi connectivity index (χ4n) is 1.41. The van der Waals surface area contributed by atoms with E-state index in [0.717, 1.165) is 0 Å². The minimum atomic E-state index is -3.65. The van der Waals surface area contributed by atoms with E-state index in [-0.39, 0.29) is 17.3 Å². The number of rotatable bonds is 6. The van der Waals surface area contributed by atoms with Crippen molar-refractivity contribution in [1.82, 2.24) is 4.72 Å². The minimum absolute atomic E-state index is 0.0828. The molecular weight excluding hydrogens is 254 g/mol. The Balaban J connectivity index is 2.95. The van der Waals surface area contributed by atoms with Crippen molar-refractivity contribution in [2.24, 2.45) is 0 Å². The number of hydrogen-bond acceptors (Lipinski definition) is 4. The first-order valence-corrected chi connectivity index (χ1v) is 7.13. The number of carbonyl (C=O) groups excluding carboxylic acids is 1. The topological polar surface area (TPSA) is 83.5 Å². The van der Waals surface area contributed by atoms with Crippen LogP contribution in [0.3, 0.4) is 0 Å². The van der Waals surface area contributed by atoms with Crippen LogP contribution in [0.5, 0.6) is 0 Å². The van der Waals surface area contributed by atoms with Crippen molar-refractivity contribution in [3.8, 4) is 0 Å². The fourth-order valence-corrected chi connectivity index (χ4v) is 2.72. The minimum Gasteiger partial charge on any atom is -0.395 e. The van der Waals surface area contributed by atoms with Crippen LogP contribution in [0.4, 0.5) is 0 Å². The van der Waals surface area contributed by atoms with Crippen LogP contribution >= 0.6 is 0 Å². The predicted molar refractivity (Wildman–Crippen MR) is 67.9 cm³/mol. The fraction of sp³-hybridized carbons (Fsp3) is 0.417. The van der Waals surface area contributed by atoms with E-state index in [1.165, 1.54) is 31.2 Å². The van der Waals surface area contributed by atoms with Crippen LogP contribution < -0.4 is 4.72 Å². The number of Topliss-reactive ketones (excluding diaryl/α,β-unsaturated/α-hetero) is 1. The molecule has 0 amide bonds. The van der Waals surface area contributed by atoms with Crippen molar-refractivity contribution in [1.29, 1.82) is 0 Å². The summed E-state index contributed by atoms with van der Waals surface area (Å²) < 4.78 is 26.3. The van der Waals surface area contributed by atoms with Gasteiger partial charge in [-0.2, -0.15) is 0 Å². The molecule has 0 fully saturated rings. The number of carbonyl (C=O) groups is 1. The number of aliphatic hydroxyl groups is 1. The Morgan fingerprint density at radius 2 is 1.89 bits per heavy atom. The first-order valence-electron chi connectivity index (χ1n) is 5.65. The van der Waals surface area contributed by atoms with Crippen LogP contribution in [0, 0.1) is 0 Å². The molecule has 0 radical (unpaired) electrons. The van der Waals surface area contributed by atoms with E-state index in [2.05, 4.69) is 4.72 Å². The second-order valence-electron chi connectivity index (χ2n) is 3.99. The van der Waals surface area contributed by atoms with E-state index in [1.54, 1.807) is 6.92 Å². The van der Waals surface area contributed by atoms with Crippen LogP contribution in [-0.4, -0.2) is 32.0 Å². The van der Waals surface area contributed by atoms with Gasteiger partial charge in [-0.05, 0) is 25.5 Å². The van der Waals surface area contributed by atoms with Gasteiger partial charge in [-0.3, -0.25) is 4.79 Å². The van der Waals surface area contributed by atoms with E-state index in [0.29, 0.717) is 12.0 Å². The molecule has 0 aromatic heterocycles. The van der Waals surface area contributed by atoms with E-state index < -0.39 is 16.1 Å². The molecule has 1 unspecified atom stereocenters. The van der Waals surface area contributed by atoms with Crippen molar-refractivity contribution in [3.63, 3.8) is 0 Å². The van der Waals surface area contributed by atoms with Crippen LogP contribution in [0.2, 0.25) is 0 Å². The third-order valence-corrected chi connectivity index (χ3v) is 4.14. The first-order chi connectivity index (χ1) is 8.40. The average Bonchev–Trinajstić information content (AvgIpc) is 2.36. The van der Waals surface area contributed by atoms with Gasteiger partial charge in [0.1, 0.15) is 0 Å². The summed E-state index contributed by atoms with van der Waals surface area (Å²) in [7, 11) is -3.65. The number of nitrogens with one attached hydrogen (secondary N) is 1. The molecule has 0 saturated carbocycles. The van der Waals surface area contributed by atoms with Crippen LogP contribution in [0.25, 0.3) is 0 Å². The summed E-state index contributed by atoms with van der Waals surface area (Å²) in [6, 6.07) is 5.20. The lowest BCUT2D eigenvalue weighted by atomic mass is 10.2. The monoisotopic (exact) mass is 271 g/mol. The molecule has 1 aromatic rings. The zero-order valence-electron chi connectivity index (χ0n) is 10.4. The van der Waals surface area contributed by atoms with Gasteiger partial charge in [-0.25, -0.2) is 13.1 Å². The maximum atomic E-state index is 11.9. The van der Waals surface area contributed by atoms with Gasteiger partial charge in [0.05, 0.1) is 11.5 Å². The van der Waals surface area contributed by atoms with Gasteiger partial charge in [0, 0.05) is 11.6 Å². The summed E-state index contributed by atoms with van der Waals surface area (Å²) in [5, 5.41) is 8.98. The van der Waals surface area contributed by atoms with Gasteiger partial charge >= 0.3 is 0 Å². The highest BCUT2D eigenvalue weighted by atomic mass is 32.2. The molecule has 100 valence electrons. The standard InChI is InChI=1S/C12H17NO4S/c1-3-11(8-14)13-18(16,17)12-6-4-10(5-7-12)9(2)15/h4-7,11,13-14H,3,8H2,1-2H3. The number of aliphatic hydroxyl groups excluding tert-OH is 1. The van der Waals surface area contributed by atoms with Gasteiger partial charge in [0.2, 0.25) is 10.0 Å². The smallest absolute Gasteiger partial charge is 0.240 e. The SMILES string of the molecule is CCC(CO)NS(=O)(=O)c1ccc(C(C)=O)cc1. The molecule has 2 N–H and O–H groups in total. The molecule has 1 rings (SSSR count). The third-order valence-electron chi connectivity index (χ3n) is 2.61. The third kappa shape index (κ3) is 3.63. The quantitative estimate of drug-likeness (QED) is 0.754. The normalized spacial score (nSPS) is 13.3. The Kier molecular flexibility index (Phi) is 5.01. The molecule has 0 saturated heterocycles. The molecule has 5 nitrogen and oxygen atoms in total. The molecule has 18 heavy (non-hydrogen) atoms. The van der Waals surface area contributed by atoms with Crippen molar-refractivity contribution in [2.75, 3.05) is 6.61 Å². The van der Waals surface area contributed by atoms with Crippen LogP contribution in [0.15, 0.2) is 29.2 Å². The summed E-state index contributed by atoms with van der Waals surface area (Å²) in [6.07, 6.45) is 0.501. The van der Waals surface area contributed by atoms with E-state index in [9.17, 15) is 13.2 Å². The highest BCUT2D eigenvalue weighted by Gasteiger charge is 2.18. The summed E-state index contributed by atoms with van der Waals surface area (Å²) in [6.45, 7) is 2.95. The molecule has 1 aromatic carbocycles. The maximum absolute atomic E-state index is 11.9. The van der Waals surface area contributed by atoms with E-state index in [4.69, 9.17) is 5.11 Å². The second kappa shape index (κ2) is 6.08. The van der Waals surface area contributed by atoms with Gasteiger partial charge in [-0.15, -0.1) is 0 Å². The molecule has 0 spiro atoms. The summed E-state index contributed by atoms with van der Waals surface area (Å²) in [5.74, 6) is -0.117. The summed E-state index contributed by atoms with van der Waals surface area (Å²) >= 11 is 0. The molecule has 6 heteroatoms. The summed E-state index contributed by atoms with van der Waals surface area (Å²) in [4.78, 5) is 11.2. The number of ketones is 1. The average molecular weight is 271 g/mol.